The highest BCUT2D eigenvalue weighted by molar-refractivity contribution is 7.99. The lowest BCUT2D eigenvalue weighted by Crippen LogP contribution is -2.50. The molecular formula is C25H34N2O2S. The minimum absolute atomic E-state index is 0.0000784. The molecule has 0 aromatic heterocycles. The van der Waals surface area contributed by atoms with Gasteiger partial charge >= 0.3 is 0 Å². The Bertz CT molecular complexity index is 851. The summed E-state index contributed by atoms with van der Waals surface area (Å²) in [4.78, 5) is 27.8. The maximum Gasteiger partial charge on any atom is 0.243 e. The molecule has 0 aliphatic heterocycles. The molecule has 1 N–H and O–H groups in total. The van der Waals surface area contributed by atoms with Gasteiger partial charge in [0.05, 0.1) is 5.75 Å². The van der Waals surface area contributed by atoms with Crippen LogP contribution in [0.25, 0.3) is 0 Å². The number of amides is 2. The third-order valence-electron chi connectivity index (χ3n) is 4.83. The van der Waals surface area contributed by atoms with E-state index in [1.54, 1.807) is 16.7 Å². The number of hydrogen-bond acceptors (Lipinski definition) is 3. The molecule has 0 unspecified atom stereocenters. The summed E-state index contributed by atoms with van der Waals surface area (Å²) in [6.45, 7) is 10.4. The number of thioether (sulfide) groups is 1. The van der Waals surface area contributed by atoms with Crippen LogP contribution in [0.4, 0.5) is 0 Å². The Morgan fingerprint density at radius 3 is 2.17 bits per heavy atom. The van der Waals surface area contributed by atoms with Gasteiger partial charge in [-0.25, -0.2) is 0 Å². The highest BCUT2D eigenvalue weighted by Gasteiger charge is 2.28. The van der Waals surface area contributed by atoms with Crippen LogP contribution in [0.3, 0.4) is 0 Å². The van der Waals surface area contributed by atoms with Crippen molar-refractivity contribution in [3.8, 4) is 0 Å². The molecule has 2 rings (SSSR count). The lowest BCUT2D eigenvalue weighted by Gasteiger charge is -2.31. The average Bonchev–Trinajstić information content (AvgIpc) is 2.67. The molecule has 0 radical (unpaired) electrons. The van der Waals surface area contributed by atoms with E-state index >= 15 is 0 Å². The minimum atomic E-state index is -0.472. The Hall–Kier alpha value is -2.27. The minimum Gasteiger partial charge on any atom is -0.352 e. The van der Waals surface area contributed by atoms with Gasteiger partial charge in [-0.15, -0.1) is 11.8 Å². The Morgan fingerprint density at radius 1 is 1.00 bits per heavy atom. The number of nitrogens with zero attached hydrogens (tertiary/aromatic N) is 1. The van der Waals surface area contributed by atoms with Crippen molar-refractivity contribution >= 4 is 23.6 Å². The summed E-state index contributed by atoms with van der Waals surface area (Å²) in [5.41, 5.74) is 4.62. The summed E-state index contributed by atoms with van der Waals surface area (Å²) in [6.07, 6.45) is 0.582. The largest absolute Gasteiger partial charge is 0.352 e. The van der Waals surface area contributed by atoms with E-state index in [4.69, 9.17) is 0 Å². The Kier molecular flexibility index (Phi) is 9.44. The summed E-state index contributed by atoms with van der Waals surface area (Å²) in [5, 5.41) is 2.97. The third kappa shape index (κ3) is 7.52. The zero-order valence-corrected chi connectivity index (χ0v) is 19.6. The smallest absolute Gasteiger partial charge is 0.243 e. The quantitative estimate of drug-likeness (QED) is 0.590. The van der Waals surface area contributed by atoms with Gasteiger partial charge in [0.1, 0.15) is 6.04 Å². The van der Waals surface area contributed by atoms with Gasteiger partial charge in [-0.2, -0.15) is 0 Å². The molecule has 30 heavy (non-hydrogen) atoms. The normalized spacial score (nSPS) is 11.9. The van der Waals surface area contributed by atoms with Gasteiger partial charge < -0.3 is 10.2 Å². The number of hydrogen-bond donors (Lipinski definition) is 1. The maximum absolute atomic E-state index is 13.2. The SMILES string of the molecule is CC[C@@H](C(=O)NC(C)C)N(Cc1cccc(C)c1)C(=O)CSCc1cccc(C)c1. The van der Waals surface area contributed by atoms with Crippen molar-refractivity contribution in [1.82, 2.24) is 10.2 Å². The third-order valence-corrected chi connectivity index (χ3v) is 5.82. The molecular weight excluding hydrogens is 392 g/mol. The fraction of sp³-hybridized carbons (Fsp3) is 0.440. The molecule has 0 spiro atoms. The maximum atomic E-state index is 13.2. The van der Waals surface area contributed by atoms with Crippen LogP contribution >= 0.6 is 11.8 Å². The molecule has 2 aromatic carbocycles. The number of benzene rings is 2. The molecule has 4 nitrogen and oxygen atoms in total. The van der Waals surface area contributed by atoms with Gasteiger partial charge in [0.2, 0.25) is 11.8 Å². The standard InChI is InChI=1S/C25H34N2O2S/c1-6-23(25(29)26-18(2)3)27(15-21-11-7-9-19(4)13-21)24(28)17-30-16-22-12-8-10-20(5)14-22/h7-14,18,23H,6,15-17H2,1-5H3,(H,26,29)/t23-/m0/s1. The van der Waals surface area contributed by atoms with E-state index in [1.807, 2.05) is 52.0 Å². The second kappa shape index (κ2) is 11.8. The van der Waals surface area contributed by atoms with Crippen molar-refractivity contribution in [3.63, 3.8) is 0 Å². The van der Waals surface area contributed by atoms with Crippen molar-refractivity contribution in [3.05, 3.63) is 70.8 Å². The predicted octanol–water partition coefficient (Wildman–Crippen LogP) is 4.87. The number of rotatable bonds is 10. The van der Waals surface area contributed by atoms with Crippen LogP contribution in [-0.4, -0.2) is 34.6 Å². The van der Waals surface area contributed by atoms with E-state index in [2.05, 4.69) is 36.5 Å². The van der Waals surface area contributed by atoms with E-state index in [0.29, 0.717) is 18.7 Å². The fourth-order valence-corrected chi connectivity index (χ4v) is 4.31. The molecule has 5 heteroatoms. The van der Waals surface area contributed by atoms with Gasteiger partial charge in [-0.1, -0.05) is 66.6 Å². The number of carbonyl (C=O) groups is 2. The van der Waals surface area contributed by atoms with E-state index in [-0.39, 0.29) is 17.9 Å². The van der Waals surface area contributed by atoms with Gasteiger partial charge in [0.25, 0.3) is 0 Å². The number of carbonyl (C=O) groups excluding carboxylic acids is 2. The molecule has 2 aromatic rings. The Balaban J connectivity index is 2.13. The molecule has 0 aliphatic carbocycles. The van der Waals surface area contributed by atoms with Crippen molar-refractivity contribution in [2.75, 3.05) is 5.75 Å². The zero-order valence-electron chi connectivity index (χ0n) is 18.8. The van der Waals surface area contributed by atoms with Crippen LogP contribution in [0.5, 0.6) is 0 Å². The van der Waals surface area contributed by atoms with Gasteiger partial charge in [0.15, 0.2) is 0 Å². The van der Waals surface area contributed by atoms with Crippen LogP contribution < -0.4 is 5.32 Å². The van der Waals surface area contributed by atoms with E-state index in [0.717, 1.165) is 16.9 Å². The molecule has 1 atom stereocenters. The van der Waals surface area contributed by atoms with Crippen LogP contribution in [0.2, 0.25) is 0 Å². The van der Waals surface area contributed by atoms with Crippen molar-refractivity contribution in [2.24, 2.45) is 0 Å². The Labute approximate surface area is 185 Å². The number of aryl methyl sites for hydroxylation is 2. The van der Waals surface area contributed by atoms with Crippen LogP contribution in [0.15, 0.2) is 48.5 Å². The molecule has 0 saturated carbocycles. The van der Waals surface area contributed by atoms with Crippen LogP contribution in [0.1, 0.15) is 49.4 Å². The molecule has 0 aliphatic rings. The second-order valence-corrected chi connectivity index (χ2v) is 9.07. The van der Waals surface area contributed by atoms with Crippen LogP contribution in [-0.2, 0) is 21.9 Å². The molecule has 0 bridgehead atoms. The topological polar surface area (TPSA) is 49.4 Å². The van der Waals surface area contributed by atoms with Gasteiger partial charge in [0, 0.05) is 18.3 Å². The van der Waals surface area contributed by atoms with Crippen molar-refractivity contribution in [1.29, 1.82) is 0 Å². The first-order valence-corrected chi connectivity index (χ1v) is 11.7. The van der Waals surface area contributed by atoms with E-state index in [1.165, 1.54) is 11.1 Å². The first kappa shape index (κ1) is 24.0. The van der Waals surface area contributed by atoms with Crippen molar-refractivity contribution < 1.29 is 9.59 Å². The summed E-state index contributed by atoms with van der Waals surface area (Å²) in [5.74, 6) is 1.04. The van der Waals surface area contributed by atoms with Crippen LogP contribution in [0, 0.1) is 13.8 Å². The van der Waals surface area contributed by atoms with Gasteiger partial charge in [-0.3, -0.25) is 9.59 Å². The predicted molar refractivity (Wildman–Crippen MR) is 126 cm³/mol. The fourth-order valence-electron chi connectivity index (χ4n) is 3.45. The zero-order chi connectivity index (χ0) is 22.1. The molecule has 0 heterocycles. The molecule has 2 amide bonds. The lowest BCUT2D eigenvalue weighted by molar-refractivity contribution is -0.139. The summed E-state index contributed by atoms with van der Waals surface area (Å²) in [6, 6.07) is 16.0. The lowest BCUT2D eigenvalue weighted by atomic mass is 10.1. The van der Waals surface area contributed by atoms with Crippen molar-refractivity contribution in [2.45, 2.75) is 65.4 Å². The highest BCUT2D eigenvalue weighted by atomic mass is 32.2. The first-order chi connectivity index (χ1) is 14.3. The monoisotopic (exact) mass is 426 g/mol. The summed E-state index contributed by atoms with van der Waals surface area (Å²) >= 11 is 1.60. The van der Waals surface area contributed by atoms with E-state index in [9.17, 15) is 9.59 Å². The second-order valence-electron chi connectivity index (χ2n) is 8.08. The van der Waals surface area contributed by atoms with Gasteiger partial charge in [-0.05, 0) is 45.2 Å². The highest BCUT2D eigenvalue weighted by Crippen LogP contribution is 2.18. The summed E-state index contributed by atoms with van der Waals surface area (Å²) in [7, 11) is 0. The summed E-state index contributed by atoms with van der Waals surface area (Å²) < 4.78 is 0. The molecule has 162 valence electrons. The average molecular weight is 427 g/mol. The molecule has 0 fully saturated rings. The molecule has 0 saturated heterocycles. The first-order valence-electron chi connectivity index (χ1n) is 10.6. The van der Waals surface area contributed by atoms with E-state index < -0.39 is 6.04 Å². The number of nitrogens with one attached hydrogen (secondary N) is 1. The Morgan fingerprint density at radius 2 is 1.60 bits per heavy atom.